The van der Waals surface area contributed by atoms with Crippen LogP contribution in [0.3, 0.4) is 0 Å². The first-order valence-electron chi connectivity index (χ1n) is 9.45. The first-order chi connectivity index (χ1) is 15.2. The van der Waals surface area contributed by atoms with E-state index in [4.69, 9.17) is 21.1 Å². The number of aromatic nitrogens is 4. The molecule has 3 heterocycles. The summed E-state index contributed by atoms with van der Waals surface area (Å²) in [4.78, 5) is 22.1. The Balaban J connectivity index is 1.49. The number of rotatable bonds is 5. The Kier molecular flexibility index (Phi) is 5.28. The molecule has 2 aromatic carbocycles. The van der Waals surface area contributed by atoms with Crippen molar-refractivity contribution >= 4 is 34.3 Å². The van der Waals surface area contributed by atoms with Crippen molar-refractivity contribution in [2.45, 2.75) is 10.9 Å². The van der Waals surface area contributed by atoms with Crippen LogP contribution in [0.15, 0.2) is 93.6 Å². The molecule has 31 heavy (non-hydrogen) atoms. The van der Waals surface area contributed by atoms with Crippen molar-refractivity contribution in [2.24, 2.45) is 0 Å². The summed E-state index contributed by atoms with van der Waals surface area (Å²) < 4.78 is 7.08. The van der Waals surface area contributed by atoms with Crippen LogP contribution in [0.2, 0.25) is 5.02 Å². The summed E-state index contributed by atoms with van der Waals surface area (Å²) in [6.07, 6.45) is 3.32. The van der Waals surface area contributed by atoms with Gasteiger partial charge in [-0.1, -0.05) is 52.8 Å². The molecule has 0 radical (unpaired) electrons. The van der Waals surface area contributed by atoms with E-state index in [9.17, 15) is 4.79 Å². The van der Waals surface area contributed by atoms with E-state index in [1.165, 1.54) is 11.8 Å². The SMILES string of the molecule is O=c1c2ccccc2nc(SCc2cc(-c3ccc(Cl)cc3)no2)n1-c1cccnc1. The van der Waals surface area contributed by atoms with Crippen LogP contribution < -0.4 is 5.56 Å². The maximum Gasteiger partial charge on any atom is 0.266 e. The topological polar surface area (TPSA) is 73.8 Å². The maximum absolute atomic E-state index is 13.2. The average Bonchev–Trinajstić information content (AvgIpc) is 3.28. The fourth-order valence-corrected chi connectivity index (χ4v) is 4.21. The van der Waals surface area contributed by atoms with Gasteiger partial charge in [0.2, 0.25) is 0 Å². The number of thioether (sulfide) groups is 1. The van der Waals surface area contributed by atoms with Gasteiger partial charge < -0.3 is 4.52 Å². The molecule has 0 atom stereocenters. The molecule has 0 aliphatic heterocycles. The van der Waals surface area contributed by atoms with E-state index in [1.54, 1.807) is 29.1 Å². The lowest BCUT2D eigenvalue weighted by atomic mass is 10.1. The molecule has 5 rings (SSSR count). The molecule has 152 valence electrons. The Hall–Kier alpha value is -3.42. The largest absolute Gasteiger partial charge is 0.360 e. The van der Waals surface area contributed by atoms with Crippen LogP contribution in [0.4, 0.5) is 0 Å². The molecule has 5 aromatic rings. The zero-order chi connectivity index (χ0) is 21.2. The van der Waals surface area contributed by atoms with Crippen molar-refractivity contribution in [3.8, 4) is 16.9 Å². The Morgan fingerprint density at radius 1 is 1.03 bits per heavy atom. The molecule has 6 nitrogen and oxygen atoms in total. The average molecular weight is 447 g/mol. The first-order valence-corrected chi connectivity index (χ1v) is 10.8. The normalized spacial score (nSPS) is 11.1. The lowest BCUT2D eigenvalue weighted by Gasteiger charge is -2.12. The number of para-hydroxylation sites is 1. The van der Waals surface area contributed by atoms with Gasteiger partial charge >= 0.3 is 0 Å². The number of halogens is 1. The number of hydrogen-bond donors (Lipinski definition) is 0. The summed E-state index contributed by atoms with van der Waals surface area (Å²) in [6, 6.07) is 20.2. The smallest absolute Gasteiger partial charge is 0.266 e. The monoisotopic (exact) mass is 446 g/mol. The highest BCUT2D eigenvalue weighted by Gasteiger charge is 2.15. The molecule has 0 amide bonds. The second-order valence-corrected chi connectivity index (χ2v) is 8.12. The van der Waals surface area contributed by atoms with Gasteiger partial charge in [0.25, 0.3) is 5.56 Å². The predicted molar refractivity (Wildman–Crippen MR) is 122 cm³/mol. The van der Waals surface area contributed by atoms with Gasteiger partial charge in [0.15, 0.2) is 5.16 Å². The molecule has 0 saturated carbocycles. The molecule has 3 aromatic heterocycles. The highest BCUT2D eigenvalue weighted by Crippen LogP contribution is 2.27. The second-order valence-electron chi connectivity index (χ2n) is 6.74. The Morgan fingerprint density at radius 3 is 2.68 bits per heavy atom. The third-order valence-corrected chi connectivity index (χ3v) is 5.90. The first kappa shape index (κ1) is 19.5. The molecule has 0 unspecified atom stereocenters. The van der Waals surface area contributed by atoms with Crippen molar-refractivity contribution in [1.82, 2.24) is 19.7 Å². The number of hydrogen-bond acceptors (Lipinski definition) is 6. The van der Waals surface area contributed by atoms with E-state index >= 15 is 0 Å². The molecule has 0 N–H and O–H groups in total. The van der Waals surface area contributed by atoms with E-state index in [2.05, 4.69) is 10.1 Å². The van der Waals surface area contributed by atoms with Gasteiger partial charge in [0.1, 0.15) is 11.5 Å². The van der Waals surface area contributed by atoms with Gasteiger partial charge in [-0.3, -0.25) is 14.3 Å². The maximum atomic E-state index is 13.2. The van der Waals surface area contributed by atoms with E-state index in [-0.39, 0.29) is 5.56 Å². The lowest BCUT2D eigenvalue weighted by Crippen LogP contribution is -2.21. The molecule has 0 aliphatic rings. The van der Waals surface area contributed by atoms with Crippen LogP contribution in [0.25, 0.3) is 27.8 Å². The molecule has 0 spiro atoms. The van der Waals surface area contributed by atoms with Gasteiger partial charge in [-0.2, -0.15) is 0 Å². The van der Waals surface area contributed by atoms with Crippen LogP contribution in [0.5, 0.6) is 0 Å². The van der Waals surface area contributed by atoms with Gasteiger partial charge in [0, 0.05) is 22.8 Å². The lowest BCUT2D eigenvalue weighted by molar-refractivity contribution is 0.397. The standard InChI is InChI=1S/C23H15ClN4O2S/c24-16-9-7-15(8-10-16)21-12-18(30-27-21)14-31-23-26-20-6-2-1-5-19(20)22(29)28(23)17-4-3-11-25-13-17/h1-13H,14H2. The summed E-state index contributed by atoms with van der Waals surface area (Å²) in [5.41, 5.74) is 2.81. The van der Waals surface area contributed by atoms with Crippen molar-refractivity contribution in [3.05, 3.63) is 100 Å². The molecule has 0 aliphatic carbocycles. The van der Waals surface area contributed by atoms with Crippen molar-refractivity contribution in [1.29, 1.82) is 0 Å². The molecule has 8 heteroatoms. The summed E-state index contributed by atoms with van der Waals surface area (Å²) in [5, 5.41) is 5.92. The van der Waals surface area contributed by atoms with Gasteiger partial charge in [-0.25, -0.2) is 4.98 Å². The fraction of sp³-hybridized carbons (Fsp3) is 0.0435. The molecule has 0 fully saturated rings. The summed E-state index contributed by atoms with van der Waals surface area (Å²) >= 11 is 7.36. The summed E-state index contributed by atoms with van der Waals surface area (Å²) in [7, 11) is 0. The van der Waals surface area contributed by atoms with Gasteiger partial charge in [-0.15, -0.1) is 0 Å². The van der Waals surface area contributed by atoms with Crippen molar-refractivity contribution in [3.63, 3.8) is 0 Å². The van der Waals surface area contributed by atoms with Crippen molar-refractivity contribution < 1.29 is 4.52 Å². The Bertz CT molecular complexity index is 1420. The Morgan fingerprint density at radius 2 is 1.87 bits per heavy atom. The molecule has 0 bridgehead atoms. The molecule has 0 saturated heterocycles. The van der Waals surface area contributed by atoms with E-state index in [0.717, 1.165) is 11.3 Å². The third kappa shape index (κ3) is 3.97. The number of benzene rings is 2. The fourth-order valence-electron chi connectivity index (χ4n) is 3.20. The molecular formula is C23H15ClN4O2S. The van der Waals surface area contributed by atoms with Crippen LogP contribution in [-0.2, 0) is 5.75 Å². The van der Waals surface area contributed by atoms with Crippen LogP contribution in [-0.4, -0.2) is 19.7 Å². The second kappa shape index (κ2) is 8.37. The van der Waals surface area contributed by atoms with Crippen LogP contribution in [0, 0.1) is 0 Å². The zero-order valence-corrected chi connectivity index (χ0v) is 17.7. The highest BCUT2D eigenvalue weighted by molar-refractivity contribution is 7.98. The highest BCUT2D eigenvalue weighted by atomic mass is 35.5. The van der Waals surface area contributed by atoms with E-state index in [1.807, 2.05) is 54.6 Å². The summed E-state index contributed by atoms with van der Waals surface area (Å²) in [5.74, 6) is 1.14. The number of pyridine rings is 1. The molecular weight excluding hydrogens is 432 g/mol. The minimum atomic E-state index is -0.138. The zero-order valence-electron chi connectivity index (χ0n) is 16.1. The van der Waals surface area contributed by atoms with Gasteiger partial charge in [0.05, 0.1) is 28.5 Å². The van der Waals surface area contributed by atoms with Crippen molar-refractivity contribution in [2.75, 3.05) is 0 Å². The third-order valence-electron chi connectivity index (χ3n) is 4.69. The number of fused-ring (bicyclic) bond motifs is 1. The van der Waals surface area contributed by atoms with Gasteiger partial charge in [-0.05, 0) is 36.4 Å². The van der Waals surface area contributed by atoms with E-state index < -0.39 is 0 Å². The predicted octanol–water partition coefficient (Wildman–Crippen LogP) is 5.38. The quantitative estimate of drug-likeness (QED) is 0.266. The van der Waals surface area contributed by atoms with Crippen LogP contribution >= 0.6 is 23.4 Å². The minimum Gasteiger partial charge on any atom is -0.360 e. The van der Waals surface area contributed by atoms with Crippen LogP contribution in [0.1, 0.15) is 5.76 Å². The summed E-state index contributed by atoms with van der Waals surface area (Å²) in [6.45, 7) is 0. The minimum absolute atomic E-state index is 0.138. The Labute approximate surface area is 186 Å². The number of nitrogens with zero attached hydrogens (tertiary/aromatic N) is 4. The van der Waals surface area contributed by atoms with E-state index in [0.29, 0.717) is 38.3 Å².